The van der Waals surface area contributed by atoms with Crippen LogP contribution in [-0.2, 0) is 6.54 Å². The molecule has 0 aliphatic carbocycles. The fraction of sp³-hybridized carbons (Fsp3) is 0.182. The normalized spacial score (nSPS) is 10.3. The van der Waals surface area contributed by atoms with Crippen LogP contribution >= 0.6 is 15.9 Å². The molecule has 0 unspecified atom stereocenters. The molecule has 0 atom stereocenters. The van der Waals surface area contributed by atoms with Gasteiger partial charge in [0.2, 0.25) is 0 Å². The number of para-hydroxylation sites is 1. The van der Waals surface area contributed by atoms with Crippen molar-refractivity contribution in [3.8, 4) is 0 Å². The lowest BCUT2D eigenvalue weighted by Crippen LogP contribution is -2.00. The molecule has 0 aliphatic heterocycles. The van der Waals surface area contributed by atoms with Crippen molar-refractivity contribution < 1.29 is 0 Å². The molecule has 78 valence electrons. The summed E-state index contributed by atoms with van der Waals surface area (Å²) >= 11 is 3.49. The Balaban J connectivity index is 2.02. The molecule has 0 spiro atoms. The molecule has 0 aliphatic rings. The Morgan fingerprint density at radius 3 is 2.87 bits per heavy atom. The number of aryl methyl sites for hydroxylation is 1. The van der Waals surface area contributed by atoms with Gasteiger partial charge in [0.25, 0.3) is 0 Å². The monoisotopic (exact) mass is 265 g/mol. The molecular weight excluding hydrogens is 254 g/mol. The van der Waals surface area contributed by atoms with Crippen LogP contribution in [0.4, 0.5) is 5.69 Å². The van der Waals surface area contributed by atoms with Gasteiger partial charge in [-0.1, -0.05) is 12.1 Å². The maximum Gasteiger partial charge on any atom is 0.103 e. The predicted molar refractivity (Wildman–Crippen MR) is 64.8 cm³/mol. The highest BCUT2D eigenvalue weighted by atomic mass is 79.9. The largest absolute Gasteiger partial charge is 0.379 e. The number of benzene rings is 1. The van der Waals surface area contributed by atoms with Gasteiger partial charge in [0.15, 0.2) is 0 Å². The number of nitrogens with zero attached hydrogens (tertiary/aromatic N) is 1. The second-order valence-corrected chi connectivity index (χ2v) is 4.18. The van der Waals surface area contributed by atoms with Crippen LogP contribution in [0.5, 0.6) is 0 Å². The van der Waals surface area contributed by atoms with Crippen molar-refractivity contribution in [2.24, 2.45) is 0 Å². The zero-order chi connectivity index (χ0) is 10.7. The second kappa shape index (κ2) is 4.49. The first kappa shape index (κ1) is 10.2. The number of rotatable bonds is 3. The fourth-order valence-corrected chi connectivity index (χ4v) is 1.78. The summed E-state index contributed by atoms with van der Waals surface area (Å²) in [4.78, 5) is 7.32. The molecule has 0 bridgehead atoms. The SMILES string of the molecule is Cc1ncc(CNc2ccccc2Br)[nH]1. The molecule has 0 radical (unpaired) electrons. The highest BCUT2D eigenvalue weighted by molar-refractivity contribution is 9.10. The van der Waals surface area contributed by atoms with Crippen LogP contribution in [0.2, 0.25) is 0 Å². The van der Waals surface area contributed by atoms with Gasteiger partial charge in [0.05, 0.1) is 18.4 Å². The third kappa shape index (κ3) is 2.59. The molecule has 2 aromatic rings. The summed E-state index contributed by atoms with van der Waals surface area (Å²) in [6.07, 6.45) is 1.85. The van der Waals surface area contributed by atoms with Gasteiger partial charge in [-0.2, -0.15) is 0 Å². The Labute approximate surface area is 97.1 Å². The number of anilines is 1. The van der Waals surface area contributed by atoms with Crippen LogP contribution in [0.15, 0.2) is 34.9 Å². The van der Waals surface area contributed by atoms with E-state index >= 15 is 0 Å². The summed E-state index contributed by atoms with van der Waals surface area (Å²) in [5.41, 5.74) is 2.17. The van der Waals surface area contributed by atoms with Crippen molar-refractivity contribution in [3.63, 3.8) is 0 Å². The van der Waals surface area contributed by atoms with Crippen LogP contribution in [0.3, 0.4) is 0 Å². The lowest BCUT2D eigenvalue weighted by molar-refractivity contribution is 1.05. The number of aromatic amines is 1. The number of halogens is 1. The molecule has 2 rings (SSSR count). The molecule has 4 heteroatoms. The summed E-state index contributed by atoms with van der Waals surface area (Å²) in [6.45, 7) is 2.70. The molecule has 1 heterocycles. The van der Waals surface area contributed by atoms with Gasteiger partial charge in [-0.3, -0.25) is 0 Å². The predicted octanol–water partition coefficient (Wildman–Crippen LogP) is 3.09. The molecule has 0 saturated carbocycles. The van der Waals surface area contributed by atoms with E-state index in [0.717, 1.165) is 28.2 Å². The quantitative estimate of drug-likeness (QED) is 0.896. The smallest absolute Gasteiger partial charge is 0.103 e. The Bertz CT molecular complexity index is 451. The molecular formula is C11H12BrN3. The molecule has 0 amide bonds. The average molecular weight is 266 g/mol. The van der Waals surface area contributed by atoms with Gasteiger partial charge in [-0.25, -0.2) is 4.98 Å². The second-order valence-electron chi connectivity index (χ2n) is 3.33. The lowest BCUT2D eigenvalue weighted by atomic mass is 10.3. The number of aromatic nitrogens is 2. The van der Waals surface area contributed by atoms with E-state index in [1.165, 1.54) is 0 Å². The number of hydrogen-bond acceptors (Lipinski definition) is 2. The maximum absolute atomic E-state index is 4.14. The van der Waals surface area contributed by atoms with Crippen LogP contribution in [0, 0.1) is 6.92 Å². The number of H-pyrrole nitrogens is 1. The van der Waals surface area contributed by atoms with Crippen molar-refractivity contribution in [3.05, 3.63) is 46.5 Å². The van der Waals surface area contributed by atoms with Gasteiger partial charge in [0.1, 0.15) is 5.82 Å². The highest BCUT2D eigenvalue weighted by Crippen LogP contribution is 2.21. The lowest BCUT2D eigenvalue weighted by Gasteiger charge is -2.06. The van der Waals surface area contributed by atoms with E-state index in [1.54, 1.807) is 0 Å². The van der Waals surface area contributed by atoms with Crippen molar-refractivity contribution in [1.82, 2.24) is 9.97 Å². The molecule has 1 aromatic carbocycles. The van der Waals surface area contributed by atoms with Gasteiger partial charge < -0.3 is 10.3 Å². The van der Waals surface area contributed by atoms with Gasteiger partial charge in [0, 0.05) is 10.2 Å². The summed E-state index contributed by atoms with van der Waals surface area (Å²) in [5, 5.41) is 3.32. The van der Waals surface area contributed by atoms with E-state index in [2.05, 4.69) is 31.2 Å². The van der Waals surface area contributed by atoms with E-state index in [9.17, 15) is 0 Å². The molecule has 0 fully saturated rings. The minimum atomic E-state index is 0.753. The molecule has 3 nitrogen and oxygen atoms in total. The summed E-state index contributed by atoms with van der Waals surface area (Å²) in [6, 6.07) is 8.05. The van der Waals surface area contributed by atoms with Crippen molar-refractivity contribution in [1.29, 1.82) is 0 Å². The third-order valence-corrected chi connectivity index (χ3v) is 2.79. The van der Waals surface area contributed by atoms with E-state index in [0.29, 0.717) is 0 Å². The Kier molecular flexibility index (Phi) is 3.06. The molecule has 2 N–H and O–H groups in total. The number of nitrogens with one attached hydrogen (secondary N) is 2. The Morgan fingerprint density at radius 1 is 1.40 bits per heavy atom. The first-order valence-corrected chi connectivity index (χ1v) is 5.54. The van der Waals surface area contributed by atoms with Gasteiger partial charge in [-0.15, -0.1) is 0 Å². The maximum atomic E-state index is 4.14. The van der Waals surface area contributed by atoms with Crippen LogP contribution in [0.1, 0.15) is 11.5 Å². The van der Waals surface area contributed by atoms with E-state index in [1.807, 2.05) is 37.4 Å². The van der Waals surface area contributed by atoms with Gasteiger partial charge >= 0.3 is 0 Å². The van der Waals surface area contributed by atoms with Crippen molar-refractivity contribution in [2.45, 2.75) is 13.5 Å². The van der Waals surface area contributed by atoms with E-state index in [4.69, 9.17) is 0 Å². The Morgan fingerprint density at radius 2 is 2.20 bits per heavy atom. The zero-order valence-electron chi connectivity index (χ0n) is 8.42. The highest BCUT2D eigenvalue weighted by Gasteiger charge is 1.99. The van der Waals surface area contributed by atoms with Crippen LogP contribution < -0.4 is 5.32 Å². The van der Waals surface area contributed by atoms with Crippen molar-refractivity contribution >= 4 is 21.6 Å². The van der Waals surface area contributed by atoms with Crippen molar-refractivity contribution in [2.75, 3.05) is 5.32 Å². The summed E-state index contributed by atoms with van der Waals surface area (Å²) < 4.78 is 1.07. The van der Waals surface area contributed by atoms with Crippen LogP contribution in [-0.4, -0.2) is 9.97 Å². The minimum Gasteiger partial charge on any atom is -0.379 e. The molecule has 1 aromatic heterocycles. The fourth-order valence-electron chi connectivity index (χ4n) is 1.36. The number of imidazole rings is 1. The van der Waals surface area contributed by atoms with E-state index < -0.39 is 0 Å². The first-order valence-electron chi connectivity index (χ1n) is 4.74. The van der Waals surface area contributed by atoms with E-state index in [-0.39, 0.29) is 0 Å². The zero-order valence-corrected chi connectivity index (χ0v) is 10.0. The topological polar surface area (TPSA) is 40.7 Å². The summed E-state index contributed by atoms with van der Waals surface area (Å²) in [7, 11) is 0. The number of hydrogen-bond donors (Lipinski definition) is 2. The van der Waals surface area contributed by atoms with Crippen LogP contribution in [0.25, 0.3) is 0 Å². The third-order valence-electron chi connectivity index (χ3n) is 2.10. The standard InChI is InChI=1S/C11H12BrN3/c1-8-13-6-9(15-8)7-14-11-5-3-2-4-10(11)12/h2-6,14H,7H2,1H3,(H,13,15). The van der Waals surface area contributed by atoms with Gasteiger partial charge in [-0.05, 0) is 35.0 Å². The minimum absolute atomic E-state index is 0.753. The molecule has 0 saturated heterocycles. The Hall–Kier alpha value is -1.29. The average Bonchev–Trinajstić information content (AvgIpc) is 2.63. The molecule has 15 heavy (non-hydrogen) atoms. The first-order chi connectivity index (χ1) is 7.25. The summed E-state index contributed by atoms with van der Waals surface area (Å²) in [5.74, 6) is 0.943.